The Morgan fingerprint density at radius 1 is 1.15 bits per heavy atom. The maximum atomic E-state index is 14.3. The van der Waals surface area contributed by atoms with Gasteiger partial charge in [-0.15, -0.1) is 10.2 Å². The Balaban J connectivity index is 1.53. The van der Waals surface area contributed by atoms with Crippen molar-refractivity contribution in [2.45, 2.75) is 119 Å². The number of hydrogen-bond donors (Lipinski definition) is 0. The zero-order chi connectivity index (χ0) is 29.3. The number of aryl methyl sites for hydroxylation is 1. The molecule has 6 heteroatoms. The van der Waals surface area contributed by atoms with Crippen molar-refractivity contribution < 1.29 is 14.0 Å². The molecule has 0 N–H and O–H groups in total. The van der Waals surface area contributed by atoms with Gasteiger partial charge in [0.2, 0.25) is 11.8 Å². The molecule has 5 rings (SSSR count). The third-order valence-electron chi connectivity index (χ3n) is 12.3. The van der Waals surface area contributed by atoms with E-state index in [-0.39, 0.29) is 56.6 Å². The summed E-state index contributed by atoms with van der Waals surface area (Å²) >= 11 is 0. The zero-order valence-corrected chi connectivity index (χ0v) is 25.8. The van der Waals surface area contributed by atoms with E-state index >= 15 is 0 Å². The molecule has 4 aliphatic carbocycles. The number of hydrogen-bond acceptors (Lipinski definition) is 6. The number of Topliss-reactive ketones (excluding diaryl/α,β-unsaturated/α-hetero) is 1. The first-order valence-corrected chi connectivity index (χ1v) is 15.4. The number of nitrogens with zero attached hydrogens (tertiary/aromatic N) is 3. The fraction of sp³-hybridized carbons (Fsp3) is 0.735. The molecule has 2 unspecified atom stereocenters. The molecule has 3 saturated carbocycles. The SMILES string of the molecule is CC/C=C(/C#N)C(=O)C(C)(C)[C@@H]1CC[C@]2(C)C(=CC(=O)C3C4CC(C)(C)CC[C@]4(c4nnc(C)o4)CC[C@]32C)C1. The van der Waals surface area contributed by atoms with Crippen LogP contribution in [0.15, 0.2) is 27.7 Å². The number of allylic oxidation sites excluding steroid dienone is 4. The molecule has 0 radical (unpaired) electrons. The van der Waals surface area contributed by atoms with Crippen LogP contribution >= 0.6 is 0 Å². The lowest BCUT2D eigenvalue weighted by Crippen LogP contribution is -2.63. The lowest BCUT2D eigenvalue weighted by Gasteiger charge is -2.66. The molecule has 0 aromatic carbocycles. The fourth-order valence-corrected chi connectivity index (χ4v) is 9.36. The molecule has 6 atom stereocenters. The molecule has 1 aromatic heterocycles. The van der Waals surface area contributed by atoms with Crippen LogP contribution in [0.3, 0.4) is 0 Å². The van der Waals surface area contributed by atoms with Crippen molar-refractivity contribution in [3.63, 3.8) is 0 Å². The highest BCUT2D eigenvalue weighted by atomic mass is 16.4. The highest BCUT2D eigenvalue weighted by molar-refractivity contribution is 6.03. The van der Waals surface area contributed by atoms with Gasteiger partial charge in [0.05, 0.1) is 11.0 Å². The first-order chi connectivity index (χ1) is 18.6. The second kappa shape index (κ2) is 9.50. The average molecular weight is 546 g/mol. The lowest BCUT2D eigenvalue weighted by molar-refractivity contribution is -0.156. The second-order valence-corrected chi connectivity index (χ2v) is 15.2. The van der Waals surface area contributed by atoms with Crippen LogP contribution in [0.4, 0.5) is 0 Å². The van der Waals surface area contributed by atoms with E-state index in [1.165, 1.54) is 5.57 Å². The number of nitriles is 1. The van der Waals surface area contributed by atoms with Gasteiger partial charge in [-0.25, -0.2) is 0 Å². The summed E-state index contributed by atoms with van der Waals surface area (Å²) in [5.41, 5.74) is 0.428. The van der Waals surface area contributed by atoms with Crippen molar-refractivity contribution in [2.24, 2.45) is 39.4 Å². The molecule has 6 nitrogen and oxygen atoms in total. The second-order valence-electron chi connectivity index (χ2n) is 15.2. The molecule has 0 amide bonds. The van der Waals surface area contributed by atoms with Gasteiger partial charge in [0.1, 0.15) is 6.07 Å². The first-order valence-electron chi connectivity index (χ1n) is 15.4. The Bertz CT molecular complexity index is 1330. The van der Waals surface area contributed by atoms with Gasteiger partial charge in [-0.3, -0.25) is 9.59 Å². The van der Waals surface area contributed by atoms with E-state index in [0.29, 0.717) is 12.3 Å². The van der Waals surface area contributed by atoms with Gasteiger partial charge in [0.25, 0.3) is 0 Å². The van der Waals surface area contributed by atoms with E-state index < -0.39 is 5.41 Å². The van der Waals surface area contributed by atoms with E-state index in [1.807, 2.05) is 33.8 Å². The molecule has 1 aromatic rings. The number of rotatable bonds is 5. The van der Waals surface area contributed by atoms with Crippen molar-refractivity contribution in [3.05, 3.63) is 35.1 Å². The normalized spacial score (nSPS) is 37.5. The number of aromatic nitrogens is 2. The third-order valence-corrected chi connectivity index (χ3v) is 12.3. The molecule has 40 heavy (non-hydrogen) atoms. The molecule has 0 bridgehead atoms. The Kier molecular flexibility index (Phi) is 6.88. The summed E-state index contributed by atoms with van der Waals surface area (Å²) in [6.07, 6.45) is 11.9. The summed E-state index contributed by atoms with van der Waals surface area (Å²) in [7, 11) is 0. The van der Waals surface area contributed by atoms with Crippen LogP contribution in [0.2, 0.25) is 0 Å². The van der Waals surface area contributed by atoms with Crippen molar-refractivity contribution >= 4 is 11.6 Å². The predicted molar refractivity (Wildman–Crippen MR) is 154 cm³/mol. The minimum atomic E-state index is -0.662. The predicted octanol–water partition coefficient (Wildman–Crippen LogP) is 7.63. The number of carbonyl (C=O) groups is 2. The van der Waals surface area contributed by atoms with E-state index in [9.17, 15) is 14.9 Å². The minimum Gasteiger partial charge on any atom is -0.425 e. The van der Waals surface area contributed by atoms with Crippen LogP contribution in [0.1, 0.15) is 118 Å². The first kappa shape index (κ1) is 29.0. The summed E-state index contributed by atoms with van der Waals surface area (Å²) in [5, 5.41) is 18.4. The molecule has 216 valence electrons. The van der Waals surface area contributed by atoms with Crippen molar-refractivity contribution in [1.82, 2.24) is 10.2 Å². The van der Waals surface area contributed by atoms with Crippen molar-refractivity contribution in [2.75, 3.05) is 0 Å². The van der Waals surface area contributed by atoms with Crippen LogP contribution in [0, 0.1) is 57.7 Å². The summed E-state index contributed by atoms with van der Waals surface area (Å²) in [4.78, 5) is 27.8. The van der Waals surface area contributed by atoms with E-state index in [1.54, 1.807) is 6.08 Å². The van der Waals surface area contributed by atoms with Gasteiger partial charge in [-0.05, 0) is 91.9 Å². The monoisotopic (exact) mass is 545 g/mol. The summed E-state index contributed by atoms with van der Waals surface area (Å²) < 4.78 is 6.14. The van der Waals surface area contributed by atoms with Crippen LogP contribution in [-0.2, 0) is 15.0 Å². The fourth-order valence-electron chi connectivity index (χ4n) is 9.36. The largest absolute Gasteiger partial charge is 0.425 e. The summed E-state index contributed by atoms with van der Waals surface area (Å²) in [5.74, 6) is 1.66. The van der Waals surface area contributed by atoms with Gasteiger partial charge >= 0.3 is 0 Å². The van der Waals surface area contributed by atoms with Crippen LogP contribution in [-0.4, -0.2) is 21.8 Å². The van der Waals surface area contributed by atoms with Crippen LogP contribution in [0.5, 0.6) is 0 Å². The number of ketones is 2. The van der Waals surface area contributed by atoms with E-state index in [0.717, 1.165) is 57.3 Å². The van der Waals surface area contributed by atoms with E-state index in [2.05, 4.69) is 44.0 Å². The smallest absolute Gasteiger partial charge is 0.222 e. The minimum absolute atomic E-state index is 0.0704. The van der Waals surface area contributed by atoms with Gasteiger partial charge in [-0.2, -0.15) is 5.26 Å². The third kappa shape index (κ3) is 4.09. The molecular formula is C34H47N3O3. The Labute approximate surface area is 240 Å². The van der Waals surface area contributed by atoms with Gasteiger partial charge in [0, 0.05) is 18.3 Å². The zero-order valence-electron chi connectivity index (χ0n) is 25.8. The van der Waals surface area contributed by atoms with E-state index in [4.69, 9.17) is 4.42 Å². The summed E-state index contributed by atoms with van der Waals surface area (Å²) in [6.45, 7) is 17.2. The maximum absolute atomic E-state index is 14.3. The molecule has 0 saturated heterocycles. The van der Waals surface area contributed by atoms with Crippen LogP contribution in [0.25, 0.3) is 0 Å². The maximum Gasteiger partial charge on any atom is 0.222 e. The van der Waals surface area contributed by atoms with Gasteiger partial charge < -0.3 is 4.42 Å². The lowest BCUT2D eigenvalue weighted by atomic mass is 9.37. The molecule has 0 aliphatic heterocycles. The summed E-state index contributed by atoms with van der Waals surface area (Å²) in [6, 6.07) is 2.14. The quantitative estimate of drug-likeness (QED) is 0.279. The highest BCUT2D eigenvalue weighted by Crippen LogP contribution is 2.71. The van der Waals surface area contributed by atoms with Crippen LogP contribution < -0.4 is 0 Å². The molecule has 3 fully saturated rings. The highest BCUT2D eigenvalue weighted by Gasteiger charge is 2.67. The van der Waals surface area contributed by atoms with Crippen molar-refractivity contribution in [1.29, 1.82) is 5.26 Å². The van der Waals surface area contributed by atoms with Crippen molar-refractivity contribution in [3.8, 4) is 6.07 Å². The average Bonchev–Trinajstić information content (AvgIpc) is 3.33. The molecular weight excluding hydrogens is 498 g/mol. The molecule has 4 aliphatic rings. The standard InChI is InChI=1S/C34H47N3O3/c1-9-10-22(20-35)28(39)31(5,6)23-11-12-32(7)24(17-23)18-26(38)27-25-19-30(3,4)13-15-34(25,16-14-33(27,32)8)29-37-36-21(2)40-29/h10,18,23,25,27H,9,11-17,19H2,1-8H3/b22-10-/t23-,25?,27?,32-,33-,34+/m1/s1. The molecule has 1 heterocycles. The topological polar surface area (TPSA) is 96.8 Å². The molecule has 0 spiro atoms. The Morgan fingerprint density at radius 2 is 1.85 bits per heavy atom. The Morgan fingerprint density at radius 3 is 2.48 bits per heavy atom. The number of fused-ring (bicyclic) bond motifs is 5. The number of carbonyl (C=O) groups excluding carboxylic acids is 2. The Hall–Kier alpha value is -2.55. The van der Waals surface area contributed by atoms with Gasteiger partial charge in [0.15, 0.2) is 11.6 Å². The van der Waals surface area contributed by atoms with Gasteiger partial charge in [-0.1, -0.05) is 60.1 Å².